The van der Waals surface area contributed by atoms with Crippen molar-refractivity contribution in [2.24, 2.45) is 17.8 Å². The van der Waals surface area contributed by atoms with Gasteiger partial charge in [0.25, 0.3) is 0 Å². The zero-order chi connectivity index (χ0) is 11.6. The van der Waals surface area contributed by atoms with Gasteiger partial charge < -0.3 is 0 Å². The third-order valence-corrected chi connectivity index (χ3v) is 6.88. The molecule has 0 aliphatic carbocycles. The van der Waals surface area contributed by atoms with Gasteiger partial charge in [-0.25, -0.2) is 0 Å². The predicted octanol–water partition coefficient (Wildman–Crippen LogP) is 4.00. The van der Waals surface area contributed by atoms with Crippen molar-refractivity contribution < 1.29 is 0 Å². The molecule has 1 nitrogen and oxygen atoms in total. The van der Waals surface area contributed by atoms with E-state index in [4.69, 9.17) is 0 Å². The molecule has 1 aliphatic rings. The lowest BCUT2D eigenvalue weighted by atomic mass is 10.2. The molecule has 2 atom stereocenters. The Morgan fingerprint density at radius 2 is 1.13 bits per heavy atom. The maximum Gasteiger partial charge on any atom is 0.0575 e. The highest BCUT2D eigenvalue weighted by atomic mass is 32.2. The first-order valence-electron chi connectivity index (χ1n) is 5.98. The van der Waals surface area contributed by atoms with Crippen LogP contribution in [0.25, 0.3) is 0 Å². The predicted molar refractivity (Wildman–Crippen MR) is 74.2 cm³/mol. The summed E-state index contributed by atoms with van der Waals surface area (Å²) in [5.41, 5.74) is 0. The zero-order valence-electron chi connectivity index (χ0n) is 10.8. The lowest BCUT2D eigenvalue weighted by Gasteiger charge is -2.40. The molecule has 15 heavy (non-hydrogen) atoms. The molecule has 1 aliphatic heterocycles. The van der Waals surface area contributed by atoms with Crippen LogP contribution in [0.3, 0.4) is 0 Å². The van der Waals surface area contributed by atoms with Crippen molar-refractivity contribution in [3.63, 3.8) is 0 Å². The summed E-state index contributed by atoms with van der Waals surface area (Å²) in [6, 6.07) is 0. The molecule has 0 aromatic heterocycles. The molecule has 0 spiro atoms. The van der Waals surface area contributed by atoms with E-state index in [1.54, 1.807) is 0 Å². The van der Waals surface area contributed by atoms with Crippen molar-refractivity contribution in [3.8, 4) is 0 Å². The summed E-state index contributed by atoms with van der Waals surface area (Å²) in [5, 5.41) is 5.02. The number of nitrogens with one attached hydrogen (secondary N) is 1. The van der Waals surface area contributed by atoms with Crippen LogP contribution in [0.15, 0.2) is 0 Å². The Kier molecular flexibility index (Phi) is 5.33. The second kappa shape index (κ2) is 5.83. The van der Waals surface area contributed by atoms with E-state index in [1.165, 1.54) is 0 Å². The molecule has 0 bridgehead atoms. The van der Waals surface area contributed by atoms with Crippen LogP contribution in [0.4, 0.5) is 0 Å². The van der Waals surface area contributed by atoms with Gasteiger partial charge in [0.15, 0.2) is 0 Å². The van der Waals surface area contributed by atoms with E-state index in [0.29, 0.717) is 10.7 Å². The minimum atomic E-state index is 0.631. The summed E-state index contributed by atoms with van der Waals surface area (Å²) in [4.78, 5) is 0. The SMILES string of the molecule is CC(C)C1NC(C(C)C)SC(C(C)C)S1. The van der Waals surface area contributed by atoms with E-state index in [-0.39, 0.29) is 0 Å². The fraction of sp³-hybridized carbons (Fsp3) is 1.00. The number of hydrogen-bond donors (Lipinski definition) is 1. The summed E-state index contributed by atoms with van der Waals surface area (Å²) in [5.74, 6) is 2.21. The van der Waals surface area contributed by atoms with Crippen LogP contribution >= 0.6 is 23.5 Å². The van der Waals surface area contributed by atoms with Gasteiger partial charge in [-0.1, -0.05) is 41.5 Å². The average molecular weight is 247 g/mol. The molecule has 2 unspecified atom stereocenters. The highest BCUT2D eigenvalue weighted by molar-refractivity contribution is 8.18. The fourth-order valence-corrected chi connectivity index (χ4v) is 4.92. The summed E-state index contributed by atoms with van der Waals surface area (Å²) >= 11 is 4.24. The van der Waals surface area contributed by atoms with Crippen LogP contribution in [0, 0.1) is 17.8 Å². The summed E-state index contributed by atoms with van der Waals surface area (Å²) in [7, 11) is 0. The normalized spacial score (nSPS) is 33.0. The highest BCUT2D eigenvalue weighted by Gasteiger charge is 2.33. The Balaban J connectivity index is 2.64. The van der Waals surface area contributed by atoms with Crippen molar-refractivity contribution in [3.05, 3.63) is 0 Å². The van der Waals surface area contributed by atoms with Gasteiger partial charge in [-0.2, -0.15) is 0 Å². The molecular formula is C12H25NS2. The van der Waals surface area contributed by atoms with Gasteiger partial charge in [0.1, 0.15) is 0 Å². The Hall–Kier alpha value is 0.660. The lowest BCUT2D eigenvalue weighted by molar-refractivity contribution is 0.436. The van der Waals surface area contributed by atoms with Crippen molar-refractivity contribution in [1.82, 2.24) is 5.32 Å². The summed E-state index contributed by atoms with van der Waals surface area (Å²) in [6.07, 6.45) is 0. The number of rotatable bonds is 3. The maximum atomic E-state index is 3.76. The molecule has 0 aromatic rings. The van der Waals surface area contributed by atoms with E-state index in [1.807, 2.05) is 0 Å². The average Bonchev–Trinajstić information content (AvgIpc) is 2.16. The largest absolute Gasteiger partial charge is 0.293 e. The van der Waals surface area contributed by atoms with Crippen LogP contribution in [0.1, 0.15) is 41.5 Å². The second-order valence-electron chi connectivity index (χ2n) is 5.38. The molecule has 1 rings (SSSR count). The molecule has 1 N–H and O–H groups in total. The first kappa shape index (κ1) is 13.7. The van der Waals surface area contributed by atoms with Crippen LogP contribution in [-0.2, 0) is 0 Å². The van der Waals surface area contributed by atoms with Gasteiger partial charge in [-0.3, -0.25) is 5.32 Å². The van der Waals surface area contributed by atoms with Crippen molar-refractivity contribution in [1.29, 1.82) is 0 Å². The van der Waals surface area contributed by atoms with Gasteiger partial charge in [0.05, 0.1) is 15.3 Å². The molecular weight excluding hydrogens is 222 g/mol. The van der Waals surface area contributed by atoms with Gasteiger partial charge in [-0.15, -0.1) is 23.5 Å². The molecule has 0 saturated carbocycles. The molecule has 1 saturated heterocycles. The van der Waals surface area contributed by atoms with Crippen LogP contribution in [0.5, 0.6) is 0 Å². The standard InChI is InChI=1S/C12H25NS2/c1-7(2)10-13-11(8(3)4)15-12(14-10)9(5)6/h7-13H,1-6H3. The van der Waals surface area contributed by atoms with Crippen molar-refractivity contribution in [2.45, 2.75) is 56.9 Å². The van der Waals surface area contributed by atoms with Gasteiger partial charge >= 0.3 is 0 Å². The van der Waals surface area contributed by atoms with Crippen LogP contribution < -0.4 is 5.32 Å². The Morgan fingerprint density at radius 3 is 1.40 bits per heavy atom. The van der Waals surface area contributed by atoms with E-state index in [2.05, 4.69) is 70.4 Å². The Labute approximate surface area is 104 Å². The summed E-state index contributed by atoms with van der Waals surface area (Å²) < 4.78 is 0.756. The fourth-order valence-electron chi connectivity index (χ4n) is 1.57. The molecule has 0 amide bonds. The van der Waals surface area contributed by atoms with Gasteiger partial charge in [0, 0.05) is 0 Å². The Morgan fingerprint density at radius 1 is 0.733 bits per heavy atom. The number of hydrogen-bond acceptors (Lipinski definition) is 3. The van der Waals surface area contributed by atoms with E-state index in [9.17, 15) is 0 Å². The van der Waals surface area contributed by atoms with Crippen LogP contribution in [0.2, 0.25) is 0 Å². The molecule has 3 heteroatoms. The summed E-state index contributed by atoms with van der Waals surface area (Å²) in [6.45, 7) is 13.9. The molecule has 1 fully saturated rings. The number of thioether (sulfide) groups is 2. The minimum absolute atomic E-state index is 0.631. The quantitative estimate of drug-likeness (QED) is 0.809. The molecule has 1 heterocycles. The molecule has 90 valence electrons. The van der Waals surface area contributed by atoms with E-state index in [0.717, 1.165) is 22.3 Å². The molecule has 0 aromatic carbocycles. The first-order chi connectivity index (χ1) is 6.91. The third-order valence-electron chi connectivity index (χ3n) is 2.65. The van der Waals surface area contributed by atoms with E-state index >= 15 is 0 Å². The topological polar surface area (TPSA) is 12.0 Å². The zero-order valence-corrected chi connectivity index (χ0v) is 12.4. The minimum Gasteiger partial charge on any atom is -0.293 e. The first-order valence-corrected chi connectivity index (χ1v) is 7.87. The highest BCUT2D eigenvalue weighted by Crippen LogP contribution is 2.42. The lowest BCUT2D eigenvalue weighted by Crippen LogP contribution is -2.46. The van der Waals surface area contributed by atoms with Crippen molar-refractivity contribution >= 4 is 23.5 Å². The van der Waals surface area contributed by atoms with Crippen molar-refractivity contribution in [2.75, 3.05) is 0 Å². The molecule has 0 radical (unpaired) electrons. The van der Waals surface area contributed by atoms with Gasteiger partial charge in [-0.05, 0) is 17.8 Å². The maximum absolute atomic E-state index is 3.76. The Bertz CT molecular complexity index is 153. The monoisotopic (exact) mass is 247 g/mol. The second-order valence-corrected chi connectivity index (χ2v) is 8.25. The smallest absolute Gasteiger partial charge is 0.0575 e. The van der Waals surface area contributed by atoms with Crippen LogP contribution in [-0.4, -0.2) is 15.3 Å². The van der Waals surface area contributed by atoms with E-state index < -0.39 is 0 Å². The van der Waals surface area contributed by atoms with Gasteiger partial charge in [0.2, 0.25) is 0 Å². The third kappa shape index (κ3) is 3.86.